The fourth-order valence-electron chi connectivity index (χ4n) is 0. The average Bonchev–Trinajstić information content (AvgIpc) is 1.46. The lowest BCUT2D eigenvalue weighted by Gasteiger charge is -1.59. The van der Waals surface area contributed by atoms with Gasteiger partial charge < -0.3 is 5.32 Å². The third-order valence-corrected chi connectivity index (χ3v) is 0. The van der Waals surface area contributed by atoms with Gasteiger partial charge in [0.25, 0.3) is 0 Å². The lowest BCUT2D eigenvalue weighted by atomic mass is 11.0. The first-order chi connectivity index (χ1) is 2.41. The van der Waals surface area contributed by atoms with E-state index in [1.54, 1.807) is 6.92 Å². The number of hydrogen-bond donors (Lipinski definition) is 1. The number of hydrogen-bond acceptors (Lipinski definition) is 1. The zero-order chi connectivity index (χ0) is 4.71. The summed E-state index contributed by atoms with van der Waals surface area (Å²) in [5.41, 5.74) is 0. The molecule has 0 aliphatic rings. The molecule has 5 heavy (non-hydrogen) atoms. The van der Waals surface area contributed by atoms with Crippen molar-refractivity contribution in [1.29, 1.82) is 0 Å². The van der Waals surface area contributed by atoms with Gasteiger partial charge in [0, 0.05) is 0 Å². The molecular formula is C4H12N. The van der Waals surface area contributed by atoms with Crippen molar-refractivity contribution in [2.75, 3.05) is 14.1 Å². The maximum absolute atomic E-state index is 3.25. The second-order valence-electron chi connectivity index (χ2n) is 0.500. The second kappa shape index (κ2) is 37.6. The van der Waals surface area contributed by atoms with Crippen LogP contribution in [0.15, 0.2) is 0 Å². The van der Waals surface area contributed by atoms with Gasteiger partial charge in [-0.25, -0.2) is 0 Å². The molecule has 1 radical (unpaired) electrons. The first kappa shape index (κ1) is 8.88. The molecule has 0 aromatic carbocycles. The Balaban J connectivity index is 0. The molecule has 1 N–H and O–H groups in total. The molecule has 1 nitrogen and oxygen atoms in total. The van der Waals surface area contributed by atoms with Crippen LogP contribution in [0.3, 0.4) is 0 Å². The molecule has 0 saturated carbocycles. The maximum atomic E-state index is 3.25. The molecule has 0 bridgehead atoms. The summed E-state index contributed by atoms with van der Waals surface area (Å²) in [5, 5.41) is 2.75. The minimum atomic E-state index is 1.75. The van der Waals surface area contributed by atoms with E-state index in [0.717, 1.165) is 0 Å². The second-order valence-corrected chi connectivity index (χ2v) is 0.500. The third-order valence-electron chi connectivity index (χ3n) is 0. The minimum Gasteiger partial charge on any atom is -0.323 e. The van der Waals surface area contributed by atoms with E-state index in [9.17, 15) is 0 Å². The highest BCUT2D eigenvalue weighted by atomic mass is 14.7. The van der Waals surface area contributed by atoms with Crippen molar-refractivity contribution in [3.05, 3.63) is 6.92 Å². The van der Waals surface area contributed by atoms with Crippen LogP contribution < -0.4 is 5.32 Å². The molecule has 33 valence electrons. The van der Waals surface area contributed by atoms with Crippen LogP contribution in [0.5, 0.6) is 0 Å². The van der Waals surface area contributed by atoms with Crippen LogP contribution in [-0.2, 0) is 0 Å². The fraction of sp³-hybridized carbons (Fsp3) is 0.750. The maximum Gasteiger partial charge on any atom is -0.0167 e. The van der Waals surface area contributed by atoms with E-state index in [-0.39, 0.29) is 0 Å². The summed E-state index contributed by atoms with van der Waals surface area (Å²) in [4.78, 5) is 0. The van der Waals surface area contributed by atoms with Gasteiger partial charge in [-0.2, -0.15) is 0 Å². The summed E-state index contributed by atoms with van der Waals surface area (Å²) >= 11 is 0. The zero-order valence-electron chi connectivity index (χ0n) is 4.21. The van der Waals surface area contributed by atoms with Gasteiger partial charge >= 0.3 is 0 Å². The van der Waals surface area contributed by atoms with E-state index in [1.165, 1.54) is 0 Å². The molecule has 0 saturated heterocycles. The van der Waals surface area contributed by atoms with Gasteiger partial charge in [0.15, 0.2) is 0 Å². The molecule has 0 aromatic rings. The van der Waals surface area contributed by atoms with Gasteiger partial charge in [-0.05, 0) is 14.1 Å². The Hall–Kier alpha value is -0.0400. The molecular weight excluding hydrogens is 62.1 g/mol. The topological polar surface area (TPSA) is 12.0 Å². The molecule has 1 heteroatoms. The monoisotopic (exact) mass is 74.1 g/mol. The van der Waals surface area contributed by atoms with Gasteiger partial charge in [-0.1, -0.05) is 13.8 Å². The Morgan fingerprint density at radius 1 is 1.20 bits per heavy atom. The summed E-state index contributed by atoms with van der Waals surface area (Å²) < 4.78 is 0. The molecule has 0 fully saturated rings. The molecule has 0 heterocycles. The molecule has 0 aromatic heterocycles. The van der Waals surface area contributed by atoms with E-state index < -0.39 is 0 Å². The molecule has 0 spiro atoms. The van der Waals surface area contributed by atoms with Crippen molar-refractivity contribution in [3.63, 3.8) is 0 Å². The van der Waals surface area contributed by atoms with Crippen molar-refractivity contribution < 1.29 is 0 Å². The van der Waals surface area contributed by atoms with Crippen LogP contribution in [0, 0.1) is 6.92 Å². The van der Waals surface area contributed by atoms with Crippen LogP contribution in [0.4, 0.5) is 0 Å². The molecule has 0 atom stereocenters. The third kappa shape index (κ3) is 9510. The van der Waals surface area contributed by atoms with Crippen LogP contribution >= 0.6 is 0 Å². The highest BCUT2D eigenvalue weighted by Gasteiger charge is 1.25. The van der Waals surface area contributed by atoms with Gasteiger partial charge in [-0.3, -0.25) is 0 Å². The smallest absolute Gasteiger partial charge is 0.0167 e. The largest absolute Gasteiger partial charge is 0.323 e. The summed E-state index contributed by atoms with van der Waals surface area (Å²) in [6.45, 7) is 5.00. The van der Waals surface area contributed by atoms with Crippen LogP contribution in [0.25, 0.3) is 0 Å². The predicted molar refractivity (Wildman–Crippen MR) is 26.0 cm³/mol. The number of nitrogens with one attached hydrogen (secondary N) is 1. The summed E-state index contributed by atoms with van der Waals surface area (Å²) in [7, 11) is 3.75. The van der Waals surface area contributed by atoms with Crippen molar-refractivity contribution in [2.45, 2.75) is 6.92 Å². The Labute approximate surface area is 34.4 Å². The Bertz CT molecular complexity index is 3.61. The van der Waals surface area contributed by atoms with Crippen molar-refractivity contribution in [2.24, 2.45) is 0 Å². The molecule has 0 aliphatic heterocycles. The van der Waals surface area contributed by atoms with E-state index >= 15 is 0 Å². The summed E-state index contributed by atoms with van der Waals surface area (Å²) in [6.07, 6.45) is 0. The van der Waals surface area contributed by atoms with Crippen LogP contribution in [0.2, 0.25) is 0 Å². The van der Waals surface area contributed by atoms with E-state index in [1.807, 2.05) is 14.1 Å². The first-order valence-electron chi connectivity index (χ1n) is 1.71. The lowest BCUT2D eigenvalue weighted by Crippen LogP contribution is -1.89. The highest BCUT2D eigenvalue weighted by Crippen LogP contribution is 1.11. The first-order valence-corrected chi connectivity index (χ1v) is 1.71. The van der Waals surface area contributed by atoms with Gasteiger partial charge in [0.1, 0.15) is 0 Å². The van der Waals surface area contributed by atoms with Crippen molar-refractivity contribution >= 4 is 0 Å². The highest BCUT2D eigenvalue weighted by molar-refractivity contribution is 3.94. The van der Waals surface area contributed by atoms with E-state index in [2.05, 4.69) is 12.2 Å². The molecule has 0 aliphatic carbocycles. The normalized spacial score (nSPS) is 4.80. The molecule has 0 unspecified atom stereocenters. The minimum absolute atomic E-state index is 1.75. The zero-order valence-corrected chi connectivity index (χ0v) is 4.21. The lowest BCUT2D eigenvalue weighted by molar-refractivity contribution is 1.02. The Kier molecular flexibility index (Phi) is 66.8. The van der Waals surface area contributed by atoms with Crippen LogP contribution in [0.1, 0.15) is 6.92 Å². The van der Waals surface area contributed by atoms with Crippen molar-refractivity contribution in [1.82, 2.24) is 5.32 Å². The fourth-order valence-corrected chi connectivity index (χ4v) is 0. The quantitative estimate of drug-likeness (QED) is 0.445. The van der Waals surface area contributed by atoms with Gasteiger partial charge in [0.2, 0.25) is 0 Å². The van der Waals surface area contributed by atoms with Crippen molar-refractivity contribution in [3.8, 4) is 0 Å². The Morgan fingerprint density at radius 3 is 1.20 bits per heavy atom. The standard InChI is InChI=1S/C2H7N.C2H5/c1-3-2;1-2/h3H,1-2H3;1H2,2H3. The van der Waals surface area contributed by atoms with Gasteiger partial charge in [0.05, 0.1) is 0 Å². The van der Waals surface area contributed by atoms with Gasteiger partial charge in [-0.15, -0.1) is 0 Å². The number of rotatable bonds is 0. The average molecular weight is 74.1 g/mol. The summed E-state index contributed by atoms with van der Waals surface area (Å²) in [6, 6.07) is 0. The van der Waals surface area contributed by atoms with E-state index in [4.69, 9.17) is 0 Å². The van der Waals surface area contributed by atoms with Crippen LogP contribution in [-0.4, -0.2) is 14.1 Å². The SMILES string of the molecule is CNC.[CH2]C. The molecule has 0 rings (SSSR count). The predicted octanol–water partition coefficient (Wildman–Crippen LogP) is 0.676. The Morgan fingerprint density at radius 2 is 1.20 bits per heavy atom. The summed E-state index contributed by atoms with van der Waals surface area (Å²) in [5.74, 6) is 0. The van der Waals surface area contributed by atoms with E-state index in [0.29, 0.717) is 0 Å². The molecule has 0 amide bonds.